The molecule has 29 heavy (non-hydrogen) atoms. The Labute approximate surface area is 177 Å². The second-order valence-electron chi connectivity index (χ2n) is 8.26. The molecule has 170 valence electrons. The van der Waals surface area contributed by atoms with Gasteiger partial charge < -0.3 is 19.9 Å². The van der Waals surface area contributed by atoms with Gasteiger partial charge in [-0.3, -0.25) is 4.79 Å². The van der Waals surface area contributed by atoms with E-state index in [1.165, 1.54) is 70.6 Å². The van der Waals surface area contributed by atoms with Crippen molar-refractivity contribution in [2.24, 2.45) is 0 Å². The van der Waals surface area contributed by atoms with Crippen LogP contribution in [-0.4, -0.2) is 42.0 Å². The third-order valence-electron chi connectivity index (χ3n) is 5.48. The summed E-state index contributed by atoms with van der Waals surface area (Å²) < 4.78 is 10.7. The van der Waals surface area contributed by atoms with E-state index in [-0.39, 0.29) is 13.0 Å². The van der Waals surface area contributed by atoms with Crippen LogP contribution in [0.15, 0.2) is 0 Å². The first-order valence-electron chi connectivity index (χ1n) is 11.9. The lowest BCUT2D eigenvalue weighted by molar-refractivity contribution is -0.183. The first kappa shape index (κ1) is 25.9. The number of rotatable bonds is 18. The number of esters is 1. The Kier molecular flexibility index (Phi) is 14.0. The van der Waals surface area contributed by atoms with Crippen LogP contribution in [0.3, 0.4) is 0 Å². The van der Waals surface area contributed by atoms with E-state index >= 15 is 0 Å². The average Bonchev–Trinajstić information content (AvgIpc) is 3.00. The maximum absolute atomic E-state index is 12.1. The maximum atomic E-state index is 12.1. The van der Waals surface area contributed by atoms with Crippen molar-refractivity contribution in [3.8, 4) is 0 Å². The predicted molar refractivity (Wildman–Crippen MR) is 114 cm³/mol. The van der Waals surface area contributed by atoms with Crippen molar-refractivity contribution >= 4 is 11.9 Å². The zero-order valence-electron chi connectivity index (χ0n) is 18.7. The van der Waals surface area contributed by atoms with Gasteiger partial charge in [0, 0.05) is 6.61 Å². The molecule has 0 spiro atoms. The number of aliphatic hydroxyl groups is 1. The van der Waals surface area contributed by atoms with E-state index in [2.05, 4.69) is 12.2 Å². The van der Waals surface area contributed by atoms with Crippen molar-refractivity contribution in [1.29, 1.82) is 0 Å². The van der Waals surface area contributed by atoms with Crippen molar-refractivity contribution in [3.05, 3.63) is 0 Å². The summed E-state index contributed by atoms with van der Waals surface area (Å²) >= 11 is 0. The highest BCUT2D eigenvalue weighted by molar-refractivity contribution is 5.91. The smallest absolute Gasteiger partial charge is 0.362 e. The standard InChI is InChI=1S/C23H43NO5/c1-3-5-6-7-8-9-10-11-12-13-14-15-16-18-28-20-19-21(25)24-23(20,27)22(26)29-17-4-2/h20,27H,3-19H2,1-2H3,(H,24,25)/t20?,23-/m1/s1. The summed E-state index contributed by atoms with van der Waals surface area (Å²) in [6.07, 6.45) is 16.3. The molecule has 1 unspecified atom stereocenters. The number of hydrogen-bond acceptors (Lipinski definition) is 5. The van der Waals surface area contributed by atoms with Crippen LogP contribution in [0, 0.1) is 0 Å². The fourth-order valence-corrected chi connectivity index (χ4v) is 3.67. The topological polar surface area (TPSA) is 84.9 Å². The van der Waals surface area contributed by atoms with E-state index in [0.717, 1.165) is 12.8 Å². The molecule has 1 fully saturated rings. The second kappa shape index (κ2) is 15.7. The molecule has 0 aromatic rings. The van der Waals surface area contributed by atoms with Gasteiger partial charge in [0.25, 0.3) is 5.72 Å². The number of carbonyl (C=O) groups is 2. The quantitative estimate of drug-likeness (QED) is 0.253. The Morgan fingerprint density at radius 1 is 0.897 bits per heavy atom. The molecule has 1 aliphatic heterocycles. The Hall–Kier alpha value is -1.14. The number of nitrogens with one attached hydrogen (secondary N) is 1. The molecule has 1 saturated heterocycles. The van der Waals surface area contributed by atoms with Crippen LogP contribution in [0.25, 0.3) is 0 Å². The fourth-order valence-electron chi connectivity index (χ4n) is 3.67. The van der Waals surface area contributed by atoms with Crippen LogP contribution in [0.1, 0.15) is 110 Å². The fraction of sp³-hybridized carbons (Fsp3) is 0.913. The summed E-state index contributed by atoms with van der Waals surface area (Å²) in [6, 6.07) is 0. The van der Waals surface area contributed by atoms with Crippen LogP contribution in [-0.2, 0) is 19.1 Å². The SMILES string of the molecule is CCCCCCCCCCCCCCCOC1CC(=O)N[C@]1(O)C(=O)OCCC. The Morgan fingerprint density at radius 3 is 1.93 bits per heavy atom. The molecule has 0 bridgehead atoms. The van der Waals surface area contributed by atoms with E-state index < -0.39 is 23.7 Å². The van der Waals surface area contributed by atoms with Gasteiger partial charge in [0.1, 0.15) is 6.10 Å². The van der Waals surface area contributed by atoms with Crippen molar-refractivity contribution in [2.45, 2.75) is 122 Å². The van der Waals surface area contributed by atoms with Gasteiger partial charge in [-0.05, 0) is 12.8 Å². The Bertz CT molecular complexity index is 457. The van der Waals surface area contributed by atoms with Crippen LogP contribution >= 0.6 is 0 Å². The zero-order chi connectivity index (χ0) is 21.4. The van der Waals surface area contributed by atoms with Gasteiger partial charge in [0.05, 0.1) is 13.0 Å². The van der Waals surface area contributed by atoms with Gasteiger partial charge in [-0.15, -0.1) is 0 Å². The zero-order valence-corrected chi connectivity index (χ0v) is 18.7. The first-order valence-corrected chi connectivity index (χ1v) is 11.9. The minimum Gasteiger partial charge on any atom is -0.462 e. The van der Waals surface area contributed by atoms with Crippen LogP contribution < -0.4 is 5.32 Å². The summed E-state index contributed by atoms with van der Waals surface area (Å²) in [5, 5.41) is 12.8. The van der Waals surface area contributed by atoms with Crippen molar-refractivity contribution < 1.29 is 24.2 Å². The summed E-state index contributed by atoms with van der Waals surface area (Å²) in [5.41, 5.74) is -2.05. The van der Waals surface area contributed by atoms with E-state index in [1.54, 1.807) is 0 Å². The minimum absolute atomic E-state index is 0.0177. The lowest BCUT2D eigenvalue weighted by Crippen LogP contribution is -2.57. The van der Waals surface area contributed by atoms with Gasteiger partial charge in [0.15, 0.2) is 0 Å². The molecule has 1 aliphatic rings. The maximum Gasteiger partial charge on any atom is 0.362 e. The van der Waals surface area contributed by atoms with E-state index in [1.807, 2.05) is 6.92 Å². The molecule has 0 saturated carbocycles. The normalized spacial score (nSPS) is 21.3. The molecule has 0 radical (unpaired) electrons. The summed E-state index contributed by atoms with van der Waals surface area (Å²) in [7, 11) is 0. The number of unbranched alkanes of at least 4 members (excludes halogenated alkanes) is 12. The number of carbonyl (C=O) groups excluding carboxylic acids is 2. The first-order chi connectivity index (χ1) is 14.0. The monoisotopic (exact) mass is 413 g/mol. The lowest BCUT2D eigenvalue weighted by atomic mass is 10.0. The van der Waals surface area contributed by atoms with Crippen LogP contribution in [0.2, 0.25) is 0 Å². The average molecular weight is 414 g/mol. The van der Waals surface area contributed by atoms with E-state index in [4.69, 9.17) is 9.47 Å². The molecular formula is C23H43NO5. The highest BCUT2D eigenvalue weighted by Gasteiger charge is 2.53. The third-order valence-corrected chi connectivity index (χ3v) is 5.48. The molecule has 6 nitrogen and oxygen atoms in total. The third kappa shape index (κ3) is 10.4. The lowest BCUT2D eigenvalue weighted by Gasteiger charge is -2.26. The van der Waals surface area contributed by atoms with E-state index in [0.29, 0.717) is 13.0 Å². The van der Waals surface area contributed by atoms with Gasteiger partial charge in [0.2, 0.25) is 5.91 Å². The minimum atomic E-state index is -2.05. The largest absolute Gasteiger partial charge is 0.462 e. The van der Waals surface area contributed by atoms with Crippen molar-refractivity contribution in [3.63, 3.8) is 0 Å². The molecule has 6 heteroatoms. The molecule has 2 atom stereocenters. The van der Waals surface area contributed by atoms with Gasteiger partial charge in [-0.1, -0.05) is 90.9 Å². The highest BCUT2D eigenvalue weighted by atomic mass is 16.6. The molecule has 0 aliphatic carbocycles. The van der Waals surface area contributed by atoms with Gasteiger partial charge in [-0.25, -0.2) is 4.79 Å². The number of hydrogen-bond donors (Lipinski definition) is 2. The second-order valence-corrected chi connectivity index (χ2v) is 8.26. The molecular weight excluding hydrogens is 370 g/mol. The molecule has 0 aromatic carbocycles. The molecule has 0 aromatic heterocycles. The molecule has 2 N–H and O–H groups in total. The van der Waals surface area contributed by atoms with Gasteiger partial charge >= 0.3 is 5.97 Å². The molecule has 1 amide bonds. The summed E-state index contributed by atoms with van der Waals surface area (Å²) in [6.45, 7) is 4.76. The predicted octanol–water partition coefficient (Wildman–Crippen LogP) is 4.62. The molecule has 1 heterocycles. The molecule has 1 rings (SSSR count). The number of amides is 1. The Balaban J connectivity index is 2.03. The van der Waals surface area contributed by atoms with Crippen molar-refractivity contribution in [1.82, 2.24) is 5.32 Å². The summed E-state index contributed by atoms with van der Waals surface area (Å²) in [5.74, 6) is -1.23. The van der Waals surface area contributed by atoms with Gasteiger partial charge in [-0.2, -0.15) is 0 Å². The highest BCUT2D eigenvalue weighted by Crippen LogP contribution is 2.24. The Morgan fingerprint density at radius 2 is 1.41 bits per heavy atom. The van der Waals surface area contributed by atoms with E-state index in [9.17, 15) is 14.7 Å². The van der Waals surface area contributed by atoms with Crippen LogP contribution in [0.5, 0.6) is 0 Å². The summed E-state index contributed by atoms with van der Waals surface area (Å²) in [4.78, 5) is 23.7. The number of ether oxygens (including phenoxy) is 2. The van der Waals surface area contributed by atoms with Crippen LogP contribution in [0.4, 0.5) is 0 Å². The van der Waals surface area contributed by atoms with Crippen molar-refractivity contribution in [2.75, 3.05) is 13.2 Å².